The molecule has 0 saturated carbocycles. The SMILES string of the molecule is O[C@@H]1[C@H](O)CN[C@H]1Cn1cc(-c2ccccc2)nn1. The molecule has 0 aliphatic carbocycles. The van der Waals surface area contributed by atoms with Crippen LogP contribution in [0.1, 0.15) is 0 Å². The molecule has 0 amide bonds. The highest BCUT2D eigenvalue weighted by Gasteiger charge is 2.33. The van der Waals surface area contributed by atoms with E-state index in [2.05, 4.69) is 15.6 Å². The molecular weight excluding hydrogens is 244 g/mol. The van der Waals surface area contributed by atoms with Gasteiger partial charge in [-0.2, -0.15) is 0 Å². The number of aliphatic hydroxyl groups is 2. The highest BCUT2D eigenvalue weighted by atomic mass is 16.3. The summed E-state index contributed by atoms with van der Waals surface area (Å²) in [5, 5.41) is 30.5. The molecule has 6 heteroatoms. The maximum absolute atomic E-state index is 9.77. The van der Waals surface area contributed by atoms with Crippen molar-refractivity contribution in [3.8, 4) is 11.3 Å². The largest absolute Gasteiger partial charge is 0.389 e. The normalized spacial score (nSPS) is 26.7. The third kappa shape index (κ3) is 2.51. The van der Waals surface area contributed by atoms with Gasteiger partial charge in [0.2, 0.25) is 0 Å². The van der Waals surface area contributed by atoms with Crippen molar-refractivity contribution in [3.05, 3.63) is 36.5 Å². The van der Waals surface area contributed by atoms with E-state index in [1.807, 2.05) is 36.5 Å². The Morgan fingerprint density at radius 3 is 2.74 bits per heavy atom. The van der Waals surface area contributed by atoms with Crippen molar-refractivity contribution in [1.82, 2.24) is 20.3 Å². The van der Waals surface area contributed by atoms with E-state index < -0.39 is 12.2 Å². The minimum atomic E-state index is -0.760. The van der Waals surface area contributed by atoms with Gasteiger partial charge >= 0.3 is 0 Å². The summed E-state index contributed by atoms with van der Waals surface area (Å²) in [5.41, 5.74) is 1.81. The maximum atomic E-state index is 9.77. The maximum Gasteiger partial charge on any atom is 0.113 e. The average Bonchev–Trinajstić information content (AvgIpc) is 3.02. The van der Waals surface area contributed by atoms with Gasteiger partial charge in [-0.15, -0.1) is 5.10 Å². The van der Waals surface area contributed by atoms with Gasteiger partial charge in [-0.25, -0.2) is 0 Å². The molecule has 1 aromatic heterocycles. The summed E-state index contributed by atoms with van der Waals surface area (Å²) in [6.07, 6.45) is 0.375. The van der Waals surface area contributed by atoms with Crippen LogP contribution in [0, 0.1) is 0 Å². The fourth-order valence-electron chi connectivity index (χ4n) is 2.28. The van der Waals surface area contributed by atoms with Gasteiger partial charge in [-0.1, -0.05) is 35.5 Å². The van der Waals surface area contributed by atoms with Crippen LogP contribution in [0.3, 0.4) is 0 Å². The summed E-state index contributed by atoms with van der Waals surface area (Å²) in [4.78, 5) is 0. The van der Waals surface area contributed by atoms with Gasteiger partial charge in [0, 0.05) is 12.1 Å². The van der Waals surface area contributed by atoms with Crippen LogP contribution in [0.15, 0.2) is 36.5 Å². The summed E-state index contributed by atoms with van der Waals surface area (Å²) in [7, 11) is 0. The molecule has 3 atom stereocenters. The molecule has 0 spiro atoms. The second-order valence-corrected chi connectivity index (χ2v) is 4.76. The van der Waals surface area contributed by atoms with Gasteiger partial charge < -0.3 is 15.5 Å². The molecule has 1 saturated heterocycles. The second kappa shape index (κ2) is 5.08. The van der Waals surface area contributed by atoms with Gasteiger partial charge in [-0.3, -0.25) is 4.68 Å². The molecule has 6 nitrogen and oxygen atoms in total. The highest BCUT2D eigenvalue weighted by molar-refractivity contribution is 5.57. The zero-order chi connectivity index (χ0) is 13.2. The van der Waals surface area contributed by atoms with Crippen molar-refractivity contribution in [3.63, 3.8) is 0 Å². The molecule has 2 heterocycles. The Bertz CT molecular complexity index is 543. The minimum absolute atomic E-state index is 0.194. The van der Waals surface area contributed by atoms with E-state index in [1.54, 1.807) is 4.68 Å². The standard InChI is InChI=1S/C13H16N4O2/c18-12-6-14-11(13(12)19)8-17-7-10(15-16-17)9-4-2-1-3-5-9/h1-5,7,11-14,18-19H,6,8H2/t11-,12+,13-/m0/s1. The van der Waals surface area contributed by atoms with Crippen molar-refractivity contribution in [2.24, 2.45) is 0 Å². The van der Waals surface area contributed by atoms with Crippen LogP contribution < -0.4 is 5.32 Å². The summed E-state index contributed by atoms with van der Waals surface area (Å²) >= 11 is 0. The molecule has 3 N–H and O–H groups in total. The molecule has 0 bridgehead atoms. The molecule has 0 radical (unpaired) electrons. The monoisotopic (exact) mass is 260 g/mol. The smallest absolute Gasteiger partial charge is 0.113 e. The molecular formula is C13H16N4O2. The van der Waals surface area contributed by atoms with Crippen molar-refractivity contribution in [2.75, 3.05) is 6.54 Å². The first-order valence-electron chi connectivity index (χ1n) is 6.29. The van der Waals surface area contributed by atoms with Gasteiger partial charge in [0.15, 0.2) is 0 Å². The van der Waals surface area contributed by atoms with E-state index in [0.717, 1.165) is 11.3 Å². The molecule has 1 aliphatic heterocycles. The third-order valence-corrected chi connectivity index (χ3v) is 3.39. The molecule has 1 aromatic carbocycles. The Kier molecular flexibility index (Phi) is 3.29. The van der Waals surface area contributed by atoms with Crippen molar-refractivity contribution < 1.29 is 10.2 Å². The van der Waals surface area contributed by atoms with Crippen molar-refractivity contribution in [1.29, 1.82) is 0 Å². The lowest BCUT2D eigenvalue weighted by atomic mass is 10.1. The minimum Gasteiger partial charge on any atom is -0.389 e. The number of benzene rings is 1. The van der Waals surface area contributed by atoms with Crippen molar-refractivity contribution >= 4 is 0 Å². The third-order valence-electron chi connectivity index (χ3n) is 3.39. The van der Waals surface area contributed by atoms with Crippen LogP contribution in [0.4, 0.5) is 0 Å². The zero-order valence-electron chi connectivity index (χ0n) is 10.3. The second-order valence-electron chi connectivity index (χ2n) is 4.76. The fraction of sp³-hybridized carbons (Fsp3) is 0.385. The lowest BCUT2D eigenvalue weighted by Gasteiger charge is -2.15. The Balaban J connectivity index is 1.72. The van der Waals surface area contributed by atoms with E-state index >= 15 is 0 Å². The van der Waals surface area contributed by atoms with Crippen LogP contribution >= 0.6 is 0 Å². The van der Waals surface area contributed by atoms with Crippen LogP contribution in [0.25, 0.3) is 11.3 Å². The first-order valence-corrected chi connectivity index (χ1v) is 6.29. The highest BCUT2D eigenvalue weighted by Crippen LogP contribution is 2.16. The van der Waals surface area contributed by atoms with E-state index in [-0.39, 0.29) is 6.04 Å². The Morgan fingerprint density at radius 2 is 2.05 bits per heavy atom. The molecule has 19 heavy (non-hydrogen) atoms. The number of nitrogens with zero attached hydrogens (tertiary/aromatic N) is 3. The van der Waals surface area contributed by atoms with Crippen LogP contribution in [-0.4, -0.2) is 50.0 Å². The van der Waals surface area contributed by atoms with Crippen LogP contribution in [0.5, 0.6) is 0 Å². The first-order chi connectivity index (χ1) is 9.24. The number of hydrogen-bond donors (Lipinski definition) is 3. The average molecular weight is 260 g/mol. The number of aliphatic hydroxyl groups excluding tert-OH is 2. The van der Waals surface area contributed by atoms with Crippen LogP contribution in [0.2, 0.25) is 0 Å². The number of rotatable bonds is 3. The van der Waals surface area contributed by atoms with Crippen molar-refractivity contribution in [2.45, 2.75) is 24.8 Å². The summed E-state index contributed by atoms with van der Waals surface area (Å²) in [6.45, 7) is 0.893. The Labute approximate surface area is 110 Å². The molecule has 2 aromatic rings. The lowest BCUT2D eigenvalue weighted by molar-refractivity contribution is 0.0372. The Hall–Kier alpha value is -1.76. The first kappa shape index (κ1) is 12.3. The molecule has 3 rings (SSSR count). The molecule has 100 valence electrons. The number of aromatic nitrogens is 3. The topological polar surface area (TPSA) is 83.2 Å². The van der Waals surface area contributed by atoms with E-state index in [1.165, 1.54) is 0 Å². The molecule has 1 fully saturated rings. The quantitative estimate of drug-likeness (QED) is 0.702. The van der Waals surface area contributed by atoms with Crippen LogP contribution in [-0.2, 0) is 6.54 Å². The molecule has 0 unspecified atom stereocenters. The van der Waals surface area contributed by atoms with Gasteiger partial charge in [-0.05, 0) is 0 Å². The van der Waals surface area contributed by atoms with E-state index in [4.69, 9.17) is 0 Å². The van der Waals surface area contributed by atoms with E-state index in [0.29, 0.717) is 13.1 Å². The summed E-state index contributed by atoms with van der Waals surface area (Å²) in [5.74, 6) is 0. The number of hydrogen-bond acceptors (Lipinski definition) is 5. The van der Waals surface area contributed by atoms with Gasteiger partial charge in [0.1, 0.15) is 5.69 Å². The summed E-state index contributed by atoms with van der Waals surface area (Å²) < 4.78 is 1.68. The molecule has 1 aliphatic rings. The fourth-order valence-corrected chi connectivity index (χ4v) is 2.28. The predicted molar refractivity (Wildman–Crippen MR) is 69.3 cm³/mol. The van der Waals surface area contributed by atoms with E-state index in [9.17, 15) is 10.2 Å². The number of β-amino-alcohol motifs (C(OH)–C–C–N with tert-alkyl or cyclic N) is 1. The van der Waals surface area contributed by atoms with Gasteiger partial charge in [0.25, 0.3) is 0 Å². The number of nitrogens with one attached hydrogen (secondary N) is 1. The summed E-state index contributed by atoms with van der Waals surface area (Å²) in [6, 6.07) is 9.61. The predicted octanol–water partition coefficient (Wildman–Crippen LogP) is -0.361. The van der Waals surface area contributed by atoms with Gasteiger partial charge in [0.05, 0.1) is 31.0 Å². The lowest BCUT2D eigenvalue weighted by Crippen LogP contribution is -2.36. The Morgan fingerprint density at radius 1 is 1.26 bits per heavy atom. The zero-order valence-corrected chi connectivity index (χ0v) is 10.3.